The molecule has 1 heterocycles. The SMILES string of the molecule is NS(=O)(=O)c1ccc(C2=CC(c3ccc(Cl)cn3)=CC23CCCC3)cc1. The van der Waals surface area contributed by atoms with Crippen molar-refractivity contribution in [3.05, 3.63) is 71.0 Å². The molecule has 2 aromatic rings. The molecule has 1 saturated carbocycles. The lowest BCUT2D eigenvalue weighted by Crippen LogP contribution is -2.14. The molecule has 1 aromatic heterocycles. The molecule has 0 amide bonds. The highest BCUT2D eigenvalue weighted by molar-refractivity contribution is 7.89. The first-order chi connectivity index (χ1) is 12.4. The van der Waals surface area contributed by atoms with Crippen LogP contribution in [0, 0.1) is 5.41 Å². The van der Waals surface area contributed by atoms with Gasteiger partial charge in [-0.05, 0) is 59.9 Å². The molecule has 0 atom stereocenters. The first kappa shape index (κ1) is 17.5. The maximum absolute atomic E-state index is 11.5. The van der Waals surface area contributed by atoms with Gasteiger partial charge in [0.25, 0.3) is 0 Å². The average molecular weight is 387 g/mol. The van der Waals surface area contributed by atoms with Crippen molar-refractivity contribution in [1.82, 2.24) is 4.98 Å². The number of rotatable bonds is 3. The lowest BCUT2D eigenvalue weighted by atomic mass is 9.78. The molecule has 1 aromatic carbocycles. The smallest absolute Gasteiger partial charge is 0.238 e. The molecule has 6 heteroatoms. The molecule has 0 radical (unpaired) electrons. The van der Waals surface area contributed by atoms with Gasteiger partial charge in [0, 0.05) is 11.6 Å². The zero-order valence-corrected chi connectivity index (χ0v) is 15.7. The Balaban J connectivity index is 1.76. The molecule has 0 aliphatic heterocycles. The summed E-state index contributed by atoms with van der Waals surface area (Å²) < 4.78 is 23.0. The summed E-state index contributed by atoms with van der Waals surface area (Å²) in [6.07, 6.45) is 10.7. The van der Waals surface area contributed by atoms with Crippen molar-refractivity contribution in [2.45, 2.75) is 30.6 Å². The Labute approximate surface area is 158 Å². The van der Waals surface area contributed by atoms with Crippen LogP contribution in [0.3, 0.4) is 0 Å². The summed E-state index contributed by atoms with van der Waals surface area (Å²) >= 11 is 5.96. The van der Waals surface area contributed by atoms with Gasteiger partial charge in [0.2, 0.25) is 10.0 Å². The zero-order chi connectivity index (χ0) is 18.4. The Morgan fingerprint density at radius 1 is 1.04 bits per heavy atom. The average Bonchev–Trinajstić information content (AvgIpc) is 3.23. The highest BCUT2D eigenvalue weighted by atomic mass is 35.5. The fraction of sp³-hybridized carbons (Fsp3) is 0.250. The Hall–Kier alpha value is -1.95. The second kappa shape index (κ2) is 6.34. The van der Waals surface area contributed by atoms with Crippen LogP contribution in [0.15, 0.2) is 59.6 Å². The molecular weight excluding hydrogens is 368 g/mol. The Bertz CT molecular complexity index is 1000. The van der Waals surface area contributed by atoms with Crippen molar-refractivity contribution in [2.24, 2.45) is 10.6 Å². The molecule has 134 valence electrons. The van der Waals surface area contributed by atoms with Crippen LogP contribution in [-0.4, -0.2) is 13.4 Å². The molecule has 1 spiro atoms. The lowest BCUT2D eigenvalue weighted by molar-refractivity contribution is 0.542. The first-order valence-electron chi connectivity index (χ1n) is 8.58. The summed E-state index contributed by atoms with van der Waals surface area (Å²) in [6.45, 7) is 0. The minimum atomic E-state index is -3.68. The fourth-order valence-electron chi connectivity index (χ4n) is 4.03. The van der Waals surface area contributed by atoms with Crippen molar-refractivity contribution >= 4 is 32.8 Å². The molecule has 4 nitrogen and oxygen atoms in total. The van der Waals surface area contributed by atoms with Crippen molar-refractivity contribution < 1.29 is 8.42 Å². The molecule has 4 rings (SSSR count). The summed E-state index contributed by atoms with van der Waals surface area (Å²) in [5, 5.41) is 5.83. The van der Waals surface area contributed by atoms with Crippen LogP contribution in [-0.2, 0) is 10.0 Å². The van der Waals surface area contributed by atoms with Crippen LogP contribution in [0.2, 0.25) is 5.02 Å². The Morgan fingerprint density at radius 3 is 2.31 bits per heavy atom. The Kier molecular flexibility index (Phi) is 4.26. The van der Waals surface area contributed by atoms with E-state index in [1.165, 1.54) is 18.4 Å². The van der Waals surface area contributed by atoms with Crippen molar-refractivity contribution in [3.63, 3.8) is 0 Å². The number of aromatic nitrogens is 1. The summed E-state index contributed by atoms with van der Waals surface area (Å²) in [6, 6.07) is 10.6. The molecule has 0 bridgehead atoms. The summed E-state index contributed by atoms with van der Waals surface area (Å²) in [5.74, 6) is 0. The van der Waals surface area contributed by atoms with Gasteiger partial charge in [-0.3, -0.25) is 4.98 Å². The molecule has 2 aliphatic carbocycles. The molecule has 1 fully saturated rings. The predicted octanol–water partition coefficient (Wildman–Crippen LogP) is 4.42. The number of benzene rings is 1. The minimum Gasteiger partial charge on any atom is -0.255 e. The van der Waals surface area contributed by atoms with Crippen molar-refractivity contribution in [3.8, 4) is 0 Å². The van der Waals surface area contributed by atoms with Gasteiger partial charge in [-0.1, -0.05) is 42.7 Å². The van der Waals surface area contributed by atoms with E-state index in [1.54, 1.807) is 18.3 Å². The quantitative estimate of drug-likeness (QED) is 0.848. The number of halogens is 1. The Morgan fingerprint density at radius 2 is 1.73 bits per heavy atom. The summed E-state index contributed by atoms with van der Waals surface area (Å²) in [5.41, 5.74) is 4.24. The van der Waals surface area contributed by atoms with Gasteiger partial charge >= 0.3 is 0 Å². The third kappa shape index (κ3) is 3.11. The molecule has 0 saturated heterocycles. The molecular formula is C20H19ClN2O2S. The highest BCUT2D eigenvalue weighted by Crippen LogP contribution is 2.54. The van der Waals surface area contributed by atoms with Crippen LogP contribution in [0.25, 0.3) is 11.1 Å². The third-order valence-corrected chi connectivity index (χ3v) is 6.43. The minimum absolute atomic E-state index is 0.000242. The van der Waals surface area contributed by atoms with Crippen LogP contribution in [0.5, 0.6) is 0 Å². The monoisotopic (exact) mass is 386 g/mol. The van der Waals surface area contributed by atoms with E-state index in [9.17, 15) is 8.42 Å². The normalized spacial score (nSPS) is 18.8. The zero-order valence-electron chi connectivity index (χ0n) is 14.2. The highest BCUT2D eigenvalue weighted by Gasteiger charge is 2.39. The van der Waals surface area contributed by atoms with E-state index in [-0.39, 0.29) is 10.3 Å². The lowest BCUT2D eigenvalue weighted by Gasteiger charge is -2.26. The second-order valence-electron chi connectivity index (χ2n) is 6.95. The molecule has 2 N–H and O–H groups in total. The van der Waals surface area contributed by atoms with Crippen LogP contribution >= 0.6 is 11.6 Å². The van der Waals surface area contributed by atoms with Crippen LogP contribution in [0.4, 0.5) is 0 Å². The molecule has 26 heavy (non-hydrogen) atoms. The topological polar surface area (TPSA) is 73.1 Å². The van der Waals surface area contributed by atoms with Gasteiger partial charge in [-0.25, -0.2) is 13.6 Å². The standard InChI is InChI=1S/C20H19ClN2O2S/c21-16-5-8-19(23-13-16)15-11-18(20(12-15)9-1-2-10-20)14-3-6-17(7-4-14)26(22,24)25/h3-8,11-13H,1-2,9-10H2,(H2,22,24,25). The number of nitrogens with zero attached hydrogens (tertiary/aromatic N) is 1. The van der Waals surface area contributed by atoms with Gasteiger partial charge in [0.15, 0.2) is 0 Å². The number of hydrogen-bond acceptors (Lipinski definition) is 3. The number of pyridine rings is 1. The van der Waals surface area contributed by atoms with E-state index in [2.05, 4.69) is 17.1 Å². The van der Waals surface area contributed by atoms with Gasteiger partial charge < -0.3 is 0 Å². The van der Waals surface area contributed by atoms with Crippen molar-refractivity contribution in [1.29, 1.82) is 0 Å². The van der Waals surface area contributed by atoms with E-state index in [1.807, 2.05) is 24.3 Å². The largest absolute Gasteiger partial charge is 0.255 e. The van der Waals surface area contributed by atoms with Crippen LogP contribution < -0.4 is 5.14 Å². The van der Waals surface area contributed by atoms with E-state index >= 15 is 0 Å². The summed E-state index contributed by atoms with van der Waals surface area (Å²) in [4.78, 5) is 4.58. The van der Waals surface area contributed by atoms with E-state index in [0.29, 0.717) is 5.02 Å². The number of sulfonamides is 1. The maximum atomic E-state index is 11.5. The van der Waals surface area contributed by atoms with E-state index in [0.717, 1.165) is 29.7 Å². The summed E-state index contributed by atoms with van der Waals surface area (Å²) in [7, 11) is -3.68. The number of nitrogens with two attached hydrogens (primary N) is 1. The van der Waals surface area contributed by atoms with Crippen molar-refractivity contribution in [2.75, 3.05) is 0 Å². The van der Waals surface area contributed by atoms with Gasteiger partial charge in [0.05, 0.1) is 15.6 Å². The van der Waals surface area contributed by atoms with Crippen LogP contribution in [0.1, 0.15) is 36.9 Å². The fourth-order valence-corrected chi connectivity index (χ4v) is 4.65. The second-order valence-corrected chi connectivity index (χ2v) is 8.95. The first-order valence-corrected chi connectivity index (χ1v) is 10.5. The maximum Gasteiger partial charge on any atom is 0.238 e. The van der Waals surface area contributed by atoms with Gasteiger partial charge in [0.1, 0.15) is 0 Å². The van der Waals surface area contributed by atoms with Gasteiger partial charge in [-0.15, -0.1) is 0 Å². The predicted molar refractivity (Wildman–Crippen MR) is 104 cm³/mol. The molecule has 2 aliphatic rings. The number of primary sulfonamides is 1. The number of hydrogen-bond donors (Lipinski definition) is 1. The van der Waals surface area contributed by atoms with E-state index in [4.69, 9.17) is 16.7 Å². The number of allylic oxidation sites excluding steroid dienone is 4. The van der Waals surface area contributed by atoms with E-state index < -0.39 is 10.0 Å². The third-order valence-electron chi connectivity index (χ3n) is 5.28. The molecule has 0 unspecified atom stereocenters. The van der Waals surface area contributed by atoms with Gasteiger partial charge in [-0.2, -0.15) is 0 Å².